The molecule has 1 saturated heterocycles. The summed E-state index contributed by atoms with van der Waals surface area (Å²) in [5.41, 5.74) is -0.206. The van der Waals surface area contributed by atoms with E-state index in [1.807, 2.05) is 4.90 Å². The molecule has 7 heteroatoms. The predicted molar refractivity (Wildman–Crippen MR) is 71.6 cm³/mol. The van der Waals surface area contributed by atoms with Crippen LogP contribution in [0.4, 0.5) is 5.82 Å². The molecular formula is C11H15BrN4O2. The number of piperidine rings is 1. The second-order valence-corrected chi connectivity index (χ2v) is 5.06. The number of aromatic nitrogens is 2. The zero-order valence-corrected chi connectivity index (χ0v) is 11.7. The lowest BCUT2D eigenvalue weighted by Crippen LogP contribution is -2.43. The van der Waals surface area contributed by atoms with Crippen LogP contribution in [0, 0.1) is 5.92 Å². The topological polar surface area (TPSA) is 78.1 Å². The maximum atomic E-state index is 11.7. The molecule has 1 aliphatic rings. The minimum Gasteiger partial charge on any atom is -0.359 e. The van der Waals surface area contributed by atoms with E-state index in [1.54, 1.807) is 7.05 Å². The molecule has 6 nitrogen and oxygen atoms in total. The van der Waals surface area contributed by atoms with Crippen molar-refractivity contribution in [1.82, 2.24) is 15.3 Å². The molecule has 1 unspecified atom stereocenters. The van der Waals surface area contributed by atoms with Crippen molar-refractivity contribution in [3.05, 3.63) is 21.2 Å². The first-order chi connectivity index (χ1) is 8.63. The van der Waals surface area contributed by atoms with E-state index >= 15 is 0 Å². The van der Waals surface area contributed by atoms with Crippen LogP contribution < -0.4 is 15.8 Å². The normalized spacial score (nSPS) is 19.7. The number of aromatic amines is 1. The van der Waals surface area contributed by atoms with Gasteiger partial charge >= 0.3 is 0 Å². The van der Waals surface area contributed by atoms with E-state index in [1.165, 1.54) is 6.33 Å². The molecule has 1 aromatic rings. The van der Waals surface area contributed by atoms with Gasteiger partial charge in [0.15, 0.2) is 0 Å². The number of carbonyl (C=O) groups is 1. The van der Waals surface area contributed by atoms with Gasteiger partial charge in [-0.2, -0.15) is 0 Å². The summed E-state index contributed by atoms with van der Waals surface area (Å²) >= 11 is 3.24. The second-order valence-electron chi connectivity index (χ2n) is 4.27. The smallest absolute Gasteiger partial charge is 0.267 e. The fourth-order valence-corrected chi connectivity index (χ4v) is 2.65. The molecular weight excluding hydrogens is 300 g/mol. The summed E-state index contributed by atoms with van der Waals surface area (Å²) in [6.07, 6.45) is 3.17. The summed E-state index contributed by atoms with van der Waals surface area (Å²) in [6.45, 7) is 1.40. The predicted octanol–water partition coefficient (Wildman–Crippen LogP) is 0.495. The van der Waals surface area contributed by atoms with Gasteiger partial charge in [0.2, 0.25) is 5.91 Å². The highest BCUT2D eigenvalue weighted by Crippen LogP contribution is 2.25. The first-order valence-corrected chi connectivity index (χ1v) is 6.62. The Morgan fingerprint density at radius 2 is 2.44 bits per heavy atom. The quantitative estimate of drug-likeness (QED) is 0.833. The van der Waals surface area contributed by atoms with Crippen LogP contribution >= 0.6 is 15.9 Å². The van der Waals surface area contributed by atoms with Crippen molar-refractivity contribution in [3.8, 4) is 0 Å². The van der Waals surface area contributed by atoms with Crippen LogP contribution in [-0.4, -0.2) is 36.0 Å². The molecule has 0 bridgehead atoms. The van der Waals surface area contributed by atoms with Crippen LogP contribution in [0.25, 0.3) is 0 Å². The van der Waals surface area contributed by atoms with Gasteiger partial charge in [0, 0.05) is 20.1 Å². The largest absolute Gasteiger partial charge is 0.359 e. The van der Waals surface area contributed by atoms with Gasteiger partial charge in [0.05, 0.1) is 12.2 Å². The number of hydrogen-bond donors (Lipinski definition) is 2. The minimum absolute atomic E-state index is 0.0423. The molecule has 1 aromatic heterocycles. The number of halogens is 1. The fraction of sp³-hybridized carbons (Fsp3) is 0.545. The Morgan fingerprint density at radius 1 is 1.67 bits per heavy atom. The molecule has 1 amide bonds. The van der Waals surface area contributed by atoms with Crippen molar-refractivity contribution in [1.29, 1.82) is 0 Å². The van der Waals surface area contributed by atoms with E-state index < -0.39 is 0 Å². The van der Waals surface area contributed by atoms with Gasteiger partial charge in [0.1, 0.15) is 10.3 Å². The Kier molecular flexibility index (Phi) is 4.00. The highest BCUT2D eigenvalue weighted by atomic mass is 79.9. The lowest BCUT2D eigenvalue weighted by Gasteiger charge is -2.32. The molecule has 18 heavy (non-hydrogen) atoms. The lowest BCUT2D eigenvalue weighted by atomic mass is 9.97. The number of hydrogen-bond acceptors (Lipinski definition) is 4. The van der Waals surface area contributed by atoms with Gasteiger partial charge in [-0.15, -0.1) is 0 Å². The average Bonchev–Trinajstić information content (AvgIpc) is 2.41. The number of rotatable bonds is 2. The molecule has 0 spiro atoms. The molecule has 1 fully saturated rings. The second kappa shape index (κ2) is 5.51. The number of carbonyl (C=O) groups excluding carboxylic acids is 1. The minimum atomic E-state index is -0.206. The number of H-pyrrole nitrogens is 1. The summed E-state index contributed by atoms with van der Waals surface area (Å²) in [7, 11) is 1.64. The van der Waals surface area contributed by atoms with E-state index in [0.717, 1.165) is 19.4 Å². The first-order valence-electron chi connectivity index (χ1n) is 5.83. The molecule has 0 radical (unpaired) electrons. The fourth-order valence-electron chi connectivity index (χ4n) is 2.18. The summed E-state index contributed by atoms with van der Waals surface area (Å²) in [6, 6.07) is 0. The molecule has 98 valence electrons. The van der Waals surface area contributed by atoms with Gasteiger partial charge in [-0.05, 0) is 28.8 Å². The van der Waals surface area contributed by atoms with Crippen LogP contribution in [0.3, 0.4) is 0 Å². The summed E-state index contributed by atoms with van der Waals surface area (Å²) in [5.74, 6) is 0.602. The zero-order chi connectivity index (χ0) is 13.1. The first kappa shape index (κ1) is 13.1. The maximum Gasteiger partial charge on any atom is 0.267 e. The van der Waals surface area contributed by atoms with E-state index in [0.29, 0.717) is 16.8 Å². The van der Waals surface area contributed by atoms with Gasteiger partial charge in [0.25, 0.3) is 5.56 Å². The number of nitrogens with one attached hydrogen (secondary N) is 2. The van der Waals surface area contributed by atoms with E-state index in [2.05, 4.69) is 31.2 Å². The SMILES string of the molecule is CNC(=O)C1CCCN(c2nc[nH]c(=O)c2Br)C1. The van der Waals surface area contributed by atoms with Crippen molar-refractivity contribution in [2.75, 3.05) is 25.0 Å². The van der Waals surface area contributed by atoms with Crippen LogP contribution in [0.15, 0.2) is 15.6 Å². The van der Waals surface area contributed by atoms with E-state index in [9.17, 15) is 9.59 Å². The van der Waals surface area contributed by atoms with Crippen molar-refractivity contribution in [3.63, 3.8) is 0 Å². The third-order valence-corrected chi connectivity index (χ3v) is 3.83. The summed E-state index contributed by atoms with van der Waals surface area (Å²) < 4.78 is 0.419. The van der Waals surface area contributed by atoms with Gasteiger partial charge < -0.3 is 15.2 Å². The van der Waals surface area contributed by atoms with Crippen molar-refractivity contribution < 1.29 is 4.79 Å². The Morgan fingerprint density at radius 3 is 3.17 bits per heavy atom. The van der Waals surface area contributed by atoms with E-state index in [-0.39, 0.29) is 17.4 Å². The number of amides is 1. The molecule has 0 aliphatic carbocycles. The highest BCUT2D eigenvalue weighted by Gasteiger charge is 2.27. The van der Waals surface area contributed by atoms with Crippen LogP contribution in [-0.2, 0) is 4.79 Å². The summed E-state index contributed by atoms with van der Waals surface area (Å²) in [4.78, 5) is 31.8. The lowest BCUT2D eigenvalue weighted by molar-refractivity contribution is -0.124. The van der Waals surface area contributed by atoms with Crippen LogP contribution in [0.2, 0.25) is 0 Å². The molecule has 2 N–H and O–H groups in total. The molecule has 2 heterocycles. The van der Waals surface area contributed by atoms with Crippen LogP contribution in [0.1, 0.15) is 12.8 Å². The highest BCUT2D eigenvalue weighted by molar-refractivity contribution is 9.10. The van der Waals surface area contributed by atoms with Crippen molar-refractivity contribution in [2.45, 2.75) is 12.8 Å². The third-order valence-electron chi connectivity index (χ3n) is 3.12. The van der Waals surface area contributed by atoms with Gasteiger partial charge in [-0.25, -0.2) is 4.98 Å². The monoisotopic (exact) mass is 314 g/mol. The Bertz CT molecular complexity index is 502. The maximum absolute atomic E-state index is 11.7. The molecule has 2 rings (SSSR count). The Labute approximate surface area is 113 Å². The standard InChI is InChI=1S/C11H15BrN4O2/c1-13-10(17)7-3-2-4-16(5-7)9-8(12)11(18)15-6-14-9/h6-7H,2-5H2,1H3,(H,13,17)(H,14,15,18). The molecule has 0 saturated carbocycles. The zero-order valence-electron chi connectivity index (χ0n) is 10.1. The Balaban J connectivity index is 2.21. The summed E-state index contributed by atoms with van der Waals surface area (Å²) in [5, 5.41) is 2.67. The molecule has 1 atom stereocenters. The number of anilines is 1. The average molecular weight is 315 g/mol. The Hall–Kier alpha value is -1.37. The van der Waals surface area contributed by atoms with E-state index in [4.69, 9.17) is 0 Å². The van der Waals surface area contributed by atoms with Crippen LogP contribution in [0.5, 0.6) is 0 Å². The molecule has 1 aliphatic heterocycles. The number of nitrogens with zero attached hydrogens (tertiary/aromatic N) is 2. The van der Waals surface area contributed by atoms with Crippen molar-refractivity contribution in [2.24, 2.45) is 5.92 Å². The van der Waals surface area contributed by atoms with Gasteiger partial charge in [-0.3, -0.25) is 9.59 Å². The third kappa shape index (κ3) is 2.55. The van der Waals surface area contributed by atoms with Crippen molar-refractivity contribution >= 4 is 27.7 Å². The molecule has 0 aromatic carbocycles. The van der Waals surface area contributed by atoms with Gasteiger partial charge in [-0.1, -0.05) is 0 Å².